The van der Waals surface area contributed by atoms with Gasteiger partial charge in [-0.15, -0.1) is 0 Å². The van der Waals surface area contributed by atoms with Crippen LogP contribution in [0.1, 0.15) is 12.8 Å². The van der Waals surface area contributed by atoms with E-state index in [1.54, 1.807) is 12.1 Å². The van der Waals surface area contributed by atoms with Crippen molar-refractivity contribution in [2.45, 2.75) is 17.7 Å². The van der Waals surface area contributed by atoms with Crippen LogP contribution in [0.2, 0.25) is 0 Å². The van der Waals surface area contributed by atoms with Crippen molar-refractivity contribution in [3.8, 4) is 11.5 Å². The fourth-order valence-electron chi connectivity index (χ4n) is 3.62. The minimum absolute atomic E-state index is 0.232. The van der Waals surface area contributed by atoms with Gasteiger partial charge in [-0.1, -0.05) is 12.2 Å². The molecule has 1 N–H and O–H groups in total. The molecule has 0 spiro atoms. The largest absolute Gasteiger partial charge is 0.486 e. The lowest BCUT2D eigenvalue weighted by molar-refractivity contribution is 0.171. The summed E-state index contributed by atoms with van der Waals surface area (Å²) in [6.07, 6.45) is 6.76. The normalized spacial score (nSPS) is 29.0. The zero-order valence-electron chi connectivity index (χ0n) is 12.2. The highest BCUT2D eigenvalue weighted by molar-refractivity contribution is 7.89. The first-order valence-corrected chi connectivity index (χ1v) is 9.18. The van der Waals surface area contributed by atoms with Crippen LogP contribution in [0.3, 0.4) is 0 Å². The van der Waals surface area contributed by atoms with Gasteiger partial charge in [0.25, 0.3) is 0 Å². The summed E-state index contributed by atoms with van der Waals surface area (Å²) in [6, 6.07) is 4.76. The molecular weight excluding hydrogens is 302 g/mol. The summed E-state index contributed by atoms with van der Waals surface area (Å²) in [6.45, 7) is 1.44. The second-order valence-corrected chi connectivity index (χ2v) is 7.96. The van der Waals surface area contributed by atoms with E-state index in [1.807, 2.05) is 0 Å². The maximum atomic E-state index is 12.5. The smallest absolute Gasteiger partial charge is 0.240 e. The topological polar surface area (TPSA) is 64.6 Å². The third kappa shape index (κ3) is 2.50. The van der Waals surface area contributed by atoms with Crippen LogP contribution >= 0.6 is 0 Å². The van der Waals surface area contributed by atoms with Gasteiger partial charge in [0.05, 0.1) is 4.90 Å². The number of nitrogens with one attached hydrogen (secondary N) is 1. The molecule has 1 saturated carbocycles. The van der Waals surface area contributed by atoms with Gasteiger partial charge in [-0.2, -0.15) is 0 Å². The molecule has 1 aromatic carbocycles. The quantitative estimate of drug-likeness (QED) is 0.861. The number of fused-ring (bicyclic) bond motifs is 3. The van der Waals surface area contributed by atoms with Gasteiger partial charge in [-0.25, -0.2) is 13.1 Å². The molecule has 6 heteroatoms. The Morgan fingerprint density at radius 2 is 1.91 bits per heavy atom. The molecular formula is C16H19NO4S. The van der Waals surface area contributed by atoms with Gasteiger partial charge in [-0.3, -0.25) is 0 Å². The Balaban J connectivity index is 1.47. The van der Waals surface area contributed by atoms with Crippen LogP contribution in [0.4, 0.5) is 0 Å². The van der Waals surface area contributed by atoms with E-state index in [0.29, 0.717) is 49.0 Å². The first kappa shape index (κ1) is 14.1. The predicted octanol–water partition coefficient (Wildman–Crippen LogP) is 1.95. The molecule has 3 aliphatic rings. The van der Waals surface area contributed by atoms with Gasteiger partial charge >= 0.3 is 0 Å². The summed E-state index contributed by atoms with van der Waals surface area (Å²) in [7, 11) is -3.51. The summed E-state index contributed by atoms with van der Waals surface area (Å²) in [5, 5.41) is 0. The van der Waals surface area contributed by atoms with Crippen LogP contribution in [0.15, 0.2) is 35.2 Å². The Morgan fingerprint density at radius 1 is 1.09 bits per heavy atom. The molecule has 3 unspecified atom stereocenters. The van der Waals surface area contributed by atoms with Crippen molar-refractivity contribution in [1.82, 2.24) is 4.72 Å². The van der Waals surface area contributed by atoms with Crippen molar-refractivity contribution in [2.24, 2.45) is 17.8 Å². The Labute approximate surface area is 130 Å². The van der Waals surface area contributed by atoms with Crippen LogP contribution in [0.25, 0.3) is 0 Å². The minimum atomic E-state index is -3.51. The summed E-state index contributed by atoms with van der Waals surface area (Å²) in [4.78, 5) is 0.232. The number of sulfonamides is 1. The lowest BCUT2D eigenvalue weighted by Gasteiger charge is -2.20. The van der Waals surface area contributed by atoms with Gasteiger partial charge in [0.15, 0.2) is 11.5 Å². The molecule has 1 heterocycles. The molecule has 1 fully saturated rings. The number of allylic oxidation sites excluding steroid dienone is 2. The number of hydrogen-bond acceptors (Lipinski definition) is 4. The maximum absolute atomic E-state index is 12.5. The maximum Gasteiger partial charge on any atom is 0.240 e. The highest BCUT2D eigenvalue weighted by Gasteiger charge is 2.36. The van der Waals surface area contributed by atoms with Crippen LogP contribution in [0.5, 0.6) is 11.5 Å². The van der Waals surface area contributed by atoms with Crippen molar-refractivity contribution in [3.05, 3.63) is 30.4 Å². The van der Waals surface area contributed by atoms with Crippen molar-refractivity contribution in [3.63, 3.8) is 0 Å². The van der Waals surface area contributed by atoms with E-state index >= 15 is 0 Å². The number of benzene rings is 1. The molecule has 5 nitrogen and oxygen atoms in total. The van der Waals surface area contributed by atoms with Gasteiger partial charge < -0.3 is 9.47 Å². The predicted molar refractivity (Wildman–Crippen MR) is 81.5 cm³/mol. The van der Waals surface area contributed by atoms with Gasteiger partial charge in [0.1, 0.15) is 13.2 Å². The van der Waals surface area contributed by atoms with Crippen molar-refractivity contribution < 1.29 is 17.9 Å². The van der Waals surface area contributed by atoms with Gasteiger partial charge in [-0.05, 0) is 42.7 Å². The van der Waals surface area contributed by atoms with E-state index in [1.165, 1.54) is 12.5 Å². The molecule has 0 amide bonds. The fraction of sp³-hybridized carbons (Fsp3) is 0.500. The number of rotatable bonds is 4. The average Bonchev–Trinajstić information content (AvgIpc) is 3.15. The molecule has 1 aromatic rings. The highest BCUT2D eigenvalue weighted by atomic mass is 32.2. The summed E-state index contributed by atoms with van der Waals surface area (Å²) in [5.74, 6) is 2.70. The van der Waals surface area contributed by atoms with Crippen LogP contribution in [0, 0.1) is 17.8 Å². The summed E-state index contributed by atoms with van der Waals surface area (Å²) >= 11 is 0. The Bertz CT molecular complexity index is 713. The average molecular weight is 321 g/mol. The molecule has 3 atom stereocenters. The Hall–Kier alpha value is -1.53. The second kappa shape index (κ2) is 5.28. The van der Waals surface area contributed by atoms with Crippen molar-refractivity contribution in [1.29, 1.82) is 0 Å². The molecule has 2 bridgehead atoms. The minimum Gasteiger partial charge on any atom is -0.486 e. The number of ether oxygens (including phenoxy) is 2. The van der Waals surface area contributed by atoms with E-state index in [9.17, 15) is 8.42 Å². The Kier molecular flexibility index (Phi) is 3.38. The molecule has 0 saturated heterocycles. The van der Waals surface area contributed by atoms with E-state index in [2.05, 4.69) is 16.9 Å². The lowest BCUT2D eigenvalue weighted by Crippen LogP contribution is -2.31. The van der Waals surface area contributed by atoms with Crippen LogP contribution in [-0.2, 0) is 10.0 Å². The zero-order valence-corrected chi connectivity index (χ0v) is 13.0. The van der Waals surface area contributed by atoms with Gasteiger partial charge in [0, 0.05) is 12.6 Å². The lowest BCUT2D eigenvalue weighted by atomic mass is 9.94. The van der Waals surface area contributed by atoms with Gasteiger partial charge in [0.2, 0.25) is 10.0 Å². The van der Waals surface area contributed by atoms with E-state index in [-0.39, 0.29) is 4.90 Å². The Morgan fingerprint density at radius 3 is 2.64 bits per heavy atom. The van der Waals surface area contributed by atoms with E-state index in [4.69, 9.17) is 9.47 Å². The SMILES string of the molecule is O=S(=O)(NCC1CC2C=CC1C2)c1ccc2c(c1)OCCO2. The molecule has 1 aliphatic heterocycles. The molecule has 118 valence electrons. The van der Waals surface area contributed by atoms with Crippen molar-refractivity contribution in [2.75, 3.05) is 19.8 Å². The third-order valence-corrected chi connectivity index (χ3v) is 6.20. The van der Waals surface area contributed by atoms with E-state index < -0.39 is 10.0 Å². The monoisotopic (exact) mass is 321 g/mol. The summed E-state index contributed by atoms with van der Waals surface area (Å²) in [5.41, 5.74) is 0. The van der Waals surface area contributed by atoms with Crippen LogP contribution in [-0.4, -0.2) is 28.2 Å². The third-order valence-electron chi connectivity index (χ3n) is 4.78. The molecule has 22 heavy (non-hydrogen) atoms. The molecule has 0 aromatic heterocycles. The first-order valence-electron chi connectivity index (χ1n) is 7.69. The van der Waals surface area contributed by atoms with E-state index in [0.717, 1.165) is 6.42 Å². The fourth-order valence-corrected chi connectivity index (χ4v) is 4.73. The second-order valence-electron chi connectivity index (χ2n) is 6.20. The number of hydrogen-bond donors (Lipinski definition) is 1. The zero-order chi connectivity index (χ0) is 15.2. The molecule has 0 radical (unpaired) electrons. The highest BCUT2D eigenvalue weighted by Crippen LogP contribution is 2.43. The van der Waals surface area contributed by atoms with Crippen LogP contribution < -0.4 is 14.2 Å². The summed E-state index contributed by atoms with van der Waals surface area (Å²) < 4.78 is 38.5. The molecule has 2 aliphatic carbocycles. The standard InChI is InChI=1S/C16H19NO4S/c18-22(19,17-10-13-8-11-1-2-12(13)7-11)14-3-4-15-16(9-14)21-6-5-20-15/h1-4,9,11-13,17H,5-8,10H2. The molecule has 4 rings (SSSR count). The van der Waals surface area contributed by atoms with Crippen molar-refractivity contribution >= 4 is 10.0 Å². The first-order chi connectivity index (χ1) is 10.6.